The van der Waals surface area contributed by atoms with Crippen LogP contribution in [-0.2, 0) is 4.79 Å². The number of carbonyl (C=O) groups excluding carboxylic acids is 1. The molecule has 0 aliphatic heterocycles. The second-order valence-electron chi connectivity index (χ2n) is 6.58. The summed E-state index contributed by atoms with van der Waals surface area (Å²) in [6.07, 6.45) is 1.76. The Morgan fingerprint density at radius 1 is 0.968 bits per heavy atom. The zero-order valence-electron chi connectivity index (χ0n) is 16.7. The van der Waals surface area contributed by atoms with Gasteiger partial charge in [-0.25, -0.2) is 0 Å². The Kier molecular flexibility index (Phi) is 8.05. The number of nitrogens with zero attached hydrogens (tertiary/aromatic N) is 1. The Bertz CT molecular complexity index is 1110. The van der Waals surface area contributed by atoms with E-state index in [9.17, 15) is 10.1 Å². The first-order valence-corrected chi connectivity index (χ1v) is 11.3. The van der Waals surface area contributed by atoms with E-state index in [-0.39, 0.29) is 4.83 Å². The SMILES string of the molecule is COc1cc(/C=C(\C#N)c2ccccc2)ccc1OC(=O)C(Br)C(Br)c1ccccc1. The number of allylic oxidation sites excluding steroid dienone is 1. The predicted molar refractivity (Wildman–Crippen MR) is 129 cm³/mol. The molecule has 31 heavy (non-hydrogen) atoms. The molecule has 0 radical (unpaired) electrons. The van der Waals surface area contributed by atoms with Gasteiger partial charge in [-0.1, -0.05) is 98.6 Å². The van der Waals surface area contributed by atoms with Gasteiger partial charge < -0.3 is 9.47 Å². The van der Waals surface area contributed by atoms with Gasteiger partial charge in [-0.3, -0.25) is 4.79 Å². The first-order valence-electron chi connectivity index (χ1n) is 9.43. The zero-order chi connectivity index (χ0) is 22.2. The van der Waals surface area contributed by atoms with Crippen LogP contribution in [0.5, 0.6) is 11.5 Å². The summed E-state index contributed by atoms with van der Waals surface area (Å²) < 4.78 is 11.0. The fourth-order valence-corrected chi connectivity index (χ4v) is 3.83. The van der Waals surface area contributed by atoms with Crippen molar-refractivity contribution in [3.05, 3.63) is 95.6 Å². The van der Waals surface area contributed by atoms with E-state index in [1.165, 1.54) is 7.11 Å². The molecule has 0 aliphatic rings. The molecular formula is C25H19Br2NO3. The lowest BCUT2D eigenvalue weighted by Gasteiger charge is -2.17. The number of alkyl halides is 2. The second-order valence-corrected chi connectivity index (χ2v) is 8.55. The van der Waals surface area contributed by atoms with Crippen LogP contribution >= 0.6 is 31.9 Å². The number of halogens is 2. The molecule has 3 aromatic carbocycles. The Balaban J connectivity index is 1.79. The maximum absolute atomic E-state index is 12.7. The molecular weight excluding hydrogens is 522 g/mol. The number of nitriles is 1. The highest BCUT2D eigenvalue weighted by molar-refractivity contribution is 9.12. The highest BCUT2D eigenvalue weighted by Crippen LogP contribution is 2.34. The summed E-state index contributed by atoms with van der Waals surface area (Å²) in [5, 5.41) is 9.52. The third kappa shape index (κ3) is 5.84. The largest absolute Gasteiger partial charge is 0.493 e. The Labute approximate surface area is 198 Å². The normalized spacial score (nSPS) is 13.0. The lowest BCUT2D eigenvalue weighted by Crippen LogP contribution is -2.24. The van der Waals surface area contributed by atoms with Gasteiger partial charge in [-0.2, -0.15) is 5.26 Å². The number of rotatable bonds is 7. The number of carbonyl (C=O) groups is 1. The average Bonchev–Trinajstić information content (AvgIpc) is 2.83. The summed E-state index contributed by atoms with van der Waals surface area (Å²) in [4.78, 5) is 11.8. The van der Waals surface area contributed by atoms with E-state index in [4.69, 9.17) is 9.47 Å². The van der Waals surface area contributed by atoms with Gasteiger partial charge in [-0.15, -0.1) is 0 Å². The summed E-state index contributed by atoms with van der Waals surface area (Å²) in [5.41, 5.74) is 3.07. The van der Waals surface area contributed by atoms with E-state index >= 15 is 0 Å². The summed E-state index contributed by atoms with van der Waals surface area (Å²) >= 11 is 6.98. The van der Waals surface area contributed by atoms with Crippen LogP contribution in [0.15, 0.2) is 78.9 Å². The molecule has 2 atom stereocenters. The lowest BCUT2D eigenvalue weighted by atomic mass is 10.0. The second kappa shape index (κ2) is 10.9. The lowest BCUT2D eigenvalue weighted by molar-refractivity contribution is -0.133. The molecule has 0 saturated carbocycles. The minimum atomic E-state index is -0.595. The molecule has 0 bridgehead atoms. The maximum Gasteiger partial charge on any atom is 0.326 e. The van der Waals surface area contributed by atoms with Gasteiger partial charge in [0.15, 0.2) is 11.5 Å². The topological polar surface area (TPSA) is 59.3 Å². The van der Waals surface area contributed by atoms with E-state index in [0.717, 1.165) is 16.7 Å². The molecule has 0 amide bonds. The molecule has 6 heteroatoms. The molecule has 4 nitrogen and oxygen atoms in total. The van der Waals surface area contributed by atoms with Crippen molar-refractivity contribution in [2.75, 3.05) is 7.11 Å². The number of hydrogen-bond donors (Lipinski definition) is 0. The standard InChI is InChI=1S/C25H19Br2NO3/c1-30-22-15-17(14-20(16-28)18-8-4-2-5-9-18)12-13-21(22)31-25(29)24(27)23(26)19-10-6-3-7-11-19/h2-15,23-24H,1H3/b20-14+. The molecule has 0 aromatic heterocycles. The van der Waals surface area contributed by atoms with Gasteiger partial charge in [0.25, 0.3) is 0 Å². The first-order chi connectivity index (χ1) is 15.0. The highest BCUT2D eigenvalue weighted by Gasteiger charge is 2.27. The van der Waals surface area contributed by atoms with Crippen LogP contribution in [0.3, 0.4) is 0 Å². The van der Waals surface area contributed by atoms with Crippen molar-refractivity contribution in [2.45, 2.75) is 9.65 Å². The quantitative estimate of drug-likeness (QED) is 0.112. The van der Waals surface area contributed by atoms with Crippen molar-refractivity contribution < 1.29 is 14.3 Å². The first kappa shape index (κ1) is 22.8. The number of hydrogen-bond acceptors (Lipinski definition) is 4. The van der Waals surface area contributed by atoms with Gasteiger partial charge in [0.2, 0.25) is 0 Å². The van der Waals surface area contributed by atoms with Crippen LogP contribution in [0.1, 0.15) is 21.5 Å². The van der Waals surface area contributed by atoms with E-state index in [1.54, 1.807) is 24.3 Å². The molecule has 156 valence electrons. The van der Waals surface area contributed by atoms with Crippen molar-refractivity contribution >= 4 is 49.5 Å². The van der Waals surface area contributed by atoms with Gasteiger partial charge in [0.1, 0.15) is 4.83 Å². The molecule has 0 fully saturated rings. The van der Waals surface area contributed by atoms with Crippen LogP contribution in [-0.4, -0.2) is 17.9 Å². The van der Waals surface area contributed by atoms with Crippen molar-refractivity contribution in [1.82, 2.24) is 0 Å². The van der Waals surface area contributed by atoms with E-state index in [1.807, 2.05) is 60.7 Å². The molecule has 0 aliphatic carbocycles. The van der Waals surface area contributed by atoms with Crippen LogP contribution < -0.4 is 9.47 Å². The molecule has 0 N–H and O–H groups in total. The van der Waals surface area contributed by atoms with E-state index in [2.05, 4.69) is 37.9 Å². The molecule has 3 aromatic rings. The Hall–Kier alpha value is -2.88. The van der Waals surface area contributed by atoms with Gasteiger partial charge >= 0.3 is 5.97 Å². The molecule has 0 spiro atoms. The predicted octanol–water partition coefficient (Wildman–Crippen LogP) is 6.56. The highest BCUT2D eigenvalue weighted by atomic mass is 79.9. The van der Waals surface area contributed by atoms with E-state index in [0.29, 0.717) is 17.1 Å². The average molecular weight is 541 g/mol. The van der Waals surface area contributed by atoms with Crippen LogP contribution in [0.4, 0.5) is 0 Å². The smallest absolute Gasteiger partial charge is 0.326 e. The van der Waals surface area contributed by atoms with E-state index < -0.39 is 10.8 Å². The number of benzene rings is 3. The summed E-state index contributed by atoms with van der Waals surface area (Å²) in [7, 11) is 1.51. The number of methoxy groups -OCH3 is 1. The van der Waals surface area contributed by atoms with Gasteiger partial charge in [0, 0.05) is 0 Å². The summed E-state index contributed by atoms with van der Waals surface area (Å²) in [5.74, 6) is 0.257. The van der Waals surface area contributed by atoms with Crippen molar-refractivity contribution in [3.8, 4) is 17.6 Å². The fourth-order valence-electron chi connectivity index (χ4n) is 2.91. The Morgan fingerprint density at radius 3 is 2.23 bits per heavy atom. The van der Waals surface area contributed by atoms with Crippen LogP contribution in [0.2, 0.25) is 0 Å². The number of ether oxygens (including phenoxy) is 2. The van der Waals surface area contributed by atoms with Crippen LogP contribution in [0.25, 0.3) is 11.6 Å². The van der Waals surface area contributed by atoms with Crippen molar-refractivity contribution in [2.24, 2.45) is 0 Å². The van der Waals surface area contributed by atoms with Crippen molar-refractivity contribution in [1.29, 1.82) is 5.26 Å². The third-order valence-corrected chi connectivity index (χ3v) is 7.18. The minimum absolute atomic E-state index is 0.251. The summed E-state index contributed by atoms with van der Waals surface area (Å²) in [6.45, 7) is 0. The molecule has 2 unspecified atom stereocenters. The number of esters is 1. The molecule has 0 heterocycles. The summed E-state index contributed by atoms with van der Waals surface area (Å²) in [6, 6.07) is 26.4. The van der Waals surface area contributed by atoms with Gasteiger partial charge in [0.05, 0.1) is 23.6 Å². The van der Waals surface area contributed by atoms with Gasteiger partial charge in [-0.05, 0) is 34.9 Å². The zero-order valence-corrected chi connectivity index (χ0v) is 19.8. The third-order valence-electron chi connectivity index (χ3n) is 4.51. The minimum Gasteiger partial charge on any atom is -0.493 e. The molecule has 3 rings (SSSR count). The molecule has 0 saturated heterocycles. The maximum atomic E-state index is 12.7. The monoisotopic (exact) mass is 539 g/mol. The Morgan fingerprint density at radius 2 is 1.61 bits per heavy atom. The fraction of sp³-hybridized carbons (Fsp3) is 0.120. The van der Waals surface area contributed by atoms with Crippen molar-refractivity contribution in [3.63, 3.8) is 0 Å². The van der Waals surface area contributed by atoms with Crippen LogP contribution in [0, 0.1) is 11.3 Å².